The van der Waals surface area contributed by atoms with E-state index in [1.54, 1.807) is 30.3 Å². The highest BCUT2D eigenvalue weighted by atomic mass is 16.4. The molecule has 122 valence electrons. The van der Waals surface area contributed by atoms with Crippen LogP contribution in [-0.2, 0) is 4.79 Å². The zero-order valence-corrected chi connectivity index (χ0v) is 12.4. The minimum Gasteiger partial charge on any atom is -0.478 e. The summed E-state index contributed by atoms with van der Waals surface area (Å²) in [6, 6.07) is 10.2. The van der Waals surface area contributed by atoms with Crippen molar-refractivity contribution in [3.63, 3.8) is 0 Å². The van der Waals surface area contributed by atoms with E-state index in [0.717, 1.165) is 11.6 Å². The molecule has 2 aromatic rings. The highest BCUT2D eigenvalue weighted by molar-refractivity contribution is 6.04. The van der Waals surface area contributed by atoms with Gasteiger partial charge in [0.05, 0.1) is 11.1 Å². The summed E-state index contributed by atoms with van der Waals surface area (Å²) in [6.07, 6.45) is 2.80. The van der Waals surface area contributed by atoms with E-state index in [9.17, 15) is 14.4 Å². The third-order valence-corrected chi connectivity index (χ3v) is 3.06. The summed E-state index contributed by atoms with van der Waals surface area (Å²) in [5.74, 6) is -3.09. The zero-order valence-electron chi connectivity index (χ0n) is 12.4. The number of hydrogen-bond donors (Lipinski definition) is 4. The molecular formula is C17H14N2O5. The Morgan fingerprint density at radius 2 is 1.46 bits per heavy atom. The maximum atomic E-state index is 11.9. The predicted molar refractivity (Wildman–Crippen MR) is 88.9 cm³/mol. The topological polar surface area (TPSA) is 130 Å². The molecule has 5 N–H and O–H groups in total. The Balaban J connectivity index is 2.17. The van der Waals surface area contributed by atoms with Crippen molar-refractivity contribution in [3.8, 4) is 0 Å². The maximum Gasteiger partial charge on any atom is 0.335 e. The third-order valence-electron chi connectivity index (χ3n) is 3.06. The minimum atomic E-state index is -1.29. The first-order valence-electron chi connectivity index (χ1n) is 6.81. The van der Waals surface area contributed by atoms with Crippen LogP contribution >= 0.6 is 0 Å². The zero-order chi connectivity index (χ0) is 17.7. The van der Waals surface area contributed by atoms with Crippen LogP contribution in [0.2, 0.25) is 0 Å². The second kappa shape index (κ2) is 7.10. The summed E-state index contributed by atoms with van der Waals surface area (Å²) in [6.45, 7) is 0. The van der Waals surface area contributed by atoms with Crippen molar-refractivity contribution in [2.24, 2.45) is 0 Å². The largest absolute Gasteiger partial charge is 0.478 e. The molecule has 0 aliphatic carbocycles. The van der Waals surface area contributed by atoms with Crippen LogP contribution in [0.25, 0.3) is 6.08 Å². The van der Waals surface area contributed by atoms with Crippen molar-refractivity contribution in [1.29, 1.82) is 0 Å². The molecular weight excluding hydrogens is 312 g/mol. The quantitative estimate of drug-likeness (QED) is 0.493. The number of amides is 1. The normalized spacial score (nSPS) is 10.5. The van der Waals surface area contributed by atoms with Crippen LogP contribution in [0, 0.1) is 0 Å². The smallest absolute Gasteiger partial charge is 0.335 e. The van der Waals surface area contributed by atoms with Crippen LogP contribution < -0.4 is 11.1 Å². The molecule has 0 aromatic heterocycles. The highest BCUT2D eigenvalue weighted by Crippen LogP contribution is 2.16. The molecule has 2 aromatic carbocycles. The molecule has 0 radical (unpaired) electrons. The number of nitrogens with one attached hydrogen (secondary N) is 1. The number of anilines is 2. The Kier molecular flexibility index (Phi) is 4.96. The summed E-state index contributed by atoms with van der Waals surface area (Å²) < 4.78 is 0. The minimum absolute atomic E-state index is 0.0826. The second-order valence-electron chi connectivity index (χ2n) is 4.90. The van der Waals surface area contributed by atoms with Crippen molar-refractivity contribution < 1.29 is 24.6 Å². The van der Waals surface area contributed by atoms with Crippen molar-refractivity contribution in [2.45, 2.75) is 0 Å². The molecule has 0 unspecified atom stereocenters. The van der Waals surface area contributed by atoms with Crippen molar-refractivity contribution in [1.82, 2.24) is 0 Å². The van der Waals surface area contributed by atoms with E-state index in [1.807, 2.05) is 0 Å². The average molecular weight is 326 g/mol. The van der Waals surface area contributed by atoms with Crippen LogP contribution in [0.15, 0.2) is 48.5 Å². The molecule has 24 heavy (non-hydrogen) atoms. The molecule has 0 atom stereocenters. The number of carbonyl (C=O) groups is 3. The molecule has 2 rings (SSSR count). The van der Waals surface area contributed by atoms with Gasteiger partial charge in [-0.1, -0.05) is 12.1 Å². The predicted octanol–water partition coefficient (Wildman–Crippen LogP) is 2.32. The summed E-state index contributed by atoms with van der Waals surface area (Å²) in [5, 5.41) is 20.4. The molecule has 0 saturated heterocycles. The maximum absolute atomic E-state index is 11.9. The lowest BCUT2D eigenvalue weighted by atomic mass is 10.1. The second-order valence-corrected chi connectivity index (χ2v) is 4.90. The fourth-order valence-corrected chi connectivity index (χ4v) is 1.91. The summed E-state index contributed by atoms with van der Waals surface area (Å²) in [4.78, 5) is 33.9. The number of hydrogen-bond acceptors (Lipinski definition) is 4. The van der Waals surface area contributed by atoms with E-state index in [2.05, 4.69) is 5.32 Å². The van der Waals surface area contributed by atoms with Gasteiger partial charge < -0.3 is 21.3 Å². The van der Waals surface area contributed by atoms with E-state index in [1.165, 1.54) is 18.2 Å². The summed E-state index contributed by atoms with van der Waals surface area (Å²) in [7, 11) is 0. The standard InChI is InChI=1S/C17H14N2O5/c18-13-4-1-10(2-5-13)3-6-15(20)19-14-8-11(16(21)22)7-12(9-14)17(23)24/h1-9H,18H2,(H,19,20)(H,21,22)(H,23,24)/b6-3+. The number of rotatable bonds is 5. The van der Waals surface area contributed by atoms with Gasteiger partial charge in [-0.25, -0.2) is 9.59 Å². The van der Waals surface area contributed by atoms with Gasteiger partial charge in [0, 0.05) is 17.5 Å². The van der Waals surface area contributed by atoms with Gasteiger partial charge in [0.15, 0.2) is 0 Å². The molecule has 0 bridgehead atoms. The molecule has 0 fully saturated rings. The Morgan fingerprint density at radius 3 is 1.96 bits per heavy atom. The molecule has 0 aliphatic heterocycles. The van der Waals surface area contributed by atoms with Crippen LogP contribution in [0.4, 0.5) is 11.4 Å². The number of benzene rings is 2. The van der Waals surface area contributed by atoms with Crippen molar-refractivity contribution in [2.75, 3.05) is 11.1 Å². The average Bonchev–Trinajstić information content (AvgIpc) is 2.54. The van der Waals surface area contributed by atoms with Crippen molar-refractivity contribution >= 4 is 35.3 Å². The van der Waals surface area contributed by atoms with Gasteiger partial charge in [0.1, 0.15) is 0 Å². The molecule has 0 saturated carbocycles. The number of carboxylic acid groups (broad SMARTS) is 2. The lowest BCUT2D eigenvalue weighted by Crippen LogP contribution is -2.10. The monoisotopic (exact) mass is 326 g/mol. The Labute approximate surface area is 137 Å². The summed E-state index contributed by atoms with van der Waals surface area (Å²) in [5.41, 5.74) is 6.54. The molecule has 7 nitrogen and oxygen atoms in total. The van der Waals surface area contributed by atoms with Crippen molar-refractivity contribution in [3.05, 3.63) is 65.2 Å². The molecule has 7 heteroatoms. The number of nitrogens with two attached hydrogens (primary N) is 1. The lowest BCUT2D eigenvalue weighted by molar-refractivity contribution is -0.111. The van der Waals surface area contributed by atoms with E-state index >= 15 is 0 Å². The Morgan fingerprint density at radius 1 is 0.917 bits per heavy atom. The van der Waals surface area contributed by atoms with Gasteiger partial charge in [-0.2, -0.15) is 0 Å². The fourth-order valence-electron chi connectivity index (χ4n) is 1.91. The van der Waals surface area contributed by atoms with E-state index < -0.39 is 17.8 Å². The Hall–Kier alpha value is -3.61. The first kappa shape index (κ1) is 16.8. The van der Waals surface area contributed by atoms with Gasteiger partial charge in [0.25, 0.3) is 0 Å². The van der Waals surface area contributed by atoms with Gasteiger partial charge in [-0.3, -0.25) is 4.79 Å². The van der Waals surface area contributed by atoms with Crippen LogP contribution in [0.1, 0.15) is 26.3 Å². The van der Waals surface area contributed by atoms with E-state index in [0.29, 0.717) is 5.69 Å². The van der Waals surface area contributed by atoms with E-state index in [4.69, 9.17) is 15.9 Å². The Bertz CT molecular complexity index is 793. The van der Waals surface area contributed by atoms with Gasteiger partial charge in [0.2, 0.25) is 5.91 Å². The van der Waals surface area contributed by atoms with E-state index in [-0.39, 0.29) is 16.8 Å². The first-order chi connectivity index (χ1) is 11.3. The number of carbonyl (C=O) groups excluding carboxylic acids is 1. The fraction of sp³-hybridized carbons (Fsp3) is 0. The van der Waals surface area contributed by atoms with Crippen LogP contribution in [-0.4, -0.2) is 28.1 Å². The molecule has 1 amide bonds. The van der Waals surface area contributed by atoms with Gasteiger partial charge >= 0.3 is 11.9 Å². The highest BCUT2D eigenvalue weighted by Gasteiger charge is 2.12. The molecule has 0 aliphatic rings. The lowest BCUT2D eigenvalue weighted by Gasteiger charge is -2.06. The molecule has 0 heterocycles. The molecule has 0 spiro atoms. The van der Waals surface area contributed by atoms with Gasteiger partial charge in [-0.15, -0.1) is 0 Å². The summed E-state index contributed by atoms with van der Waals surface area (Å²) >= 11 is 0. The van der Waals surface area contributed by atoms with Crippen LogP contribution in [0.5, 0.6) is 0 Å². The number of nitrogen functional groups attached to an aromatic ring is 1. The number of carboxylic acids is 2. The SMILES string of the molecule is Nc1ccc(/C=C/C(=O)Nc2cc(C(=O)O)cc(C(=O)O)c2)cc1. The van der Waals surface area contributed by atoms with Crippen LogP contribution in [0.3, 0.4) is 0 Å². The van der Waals surface area contributed by atoms with Gasteiger partial charge in [-0.05, 0) is 42.0 Å². The third kappa shape index (κ3) is 4.44. The first-order valence-corrected chi connectivity index (χ1v) is 6.81. The number of aromatic carboxylic acids is 2.